The third-order valence-electron chi connectivity index (χ3n) is 4.82. The normalized spacial score (nSPS) is 11.0. The summed E-state index contributed by atoms with van der Waals surface area (Å²) < 4.78 is 27.6. The van der Waals surface area contributed by atoms with Gasteiger partial charge in [-0.05, 0) is 60.4 Å². The minimum absolute atomic E-state index is 0.217. The Kier molecular flexibility index (Phi) is 4.39. The molecule has 3 aromatic carbocycles. The highest BCUT2D eigenvalue weighted by Gasteiger charge is 2.19. The third-order valence-corrected chi connectivity index (χ3v) is 4.82. The third kappa shape index (κ3) is 3.13. The molecule has 140 valence electrons. The first-order chi connectivity index (χ1) is 13.4. The Balaban J connectivity index is 1.67. The molecular weight excluding hydrogens is 360 g/mol. The van der Waals surface area contributed by atoms with Gasteiger partial charge in [0.25, 0.3) is 5.91 Å². The number of hydrogen-bond donors (Lipinski definition) is 2. The molecule has 6 heteroatoms. The number of carbonyl (C=O) groups excluding carboxylic acids is 1. The number of aryl methyl sites for hydroxylation is 2. The van der Waals surface area contributed by atoms with Crippen LogP contribution in [0.5, 0.6) is 0 Å². The molecular formula is C22H17F2N3O. The predicted molar refractivity (Wildman–Crippen MR) is 105 cm³/mol. The summed E-state index contributed by atoms with van der Waals surface area (Å²) in [5.74, 6) is -2.51. The highest BCUT2D eigenvalue weighted by Crippen LogP contribution is 2.28. The van der Waals surface area contributed by atoms with Gasteiger partial charge in [-0.2, -0.15) is 5.10 Å². The minimum Gasteiger partial charge on any atom is -0.304 e. The summed E-state index contributed by atoms with van der Waals surface area (Å²) in [6.45, 7) is 4.12. The Morgan fingerprint density at radius 1 is 0.929 bits per heavy atom. The fraction of sp³-hybridized carbons (Fsp3) is 0.0909. The van der Waals surface area contributed by atoms with E-state index in [4.69, 9.17) is 0 Å². The van der Waals surface area contributed by atoms with Crippen molar-refractivity contribution in [2.24, 2.45) is 0 Å². The molecule has 4 nitrogen and oxygen atoms in total. The number of aromatic nitrogens is 2. The maximum absolute atomic E-state index is 13.8. The molecule has 0 spiro atoms. The van der Waals surface area contributed by atoms with E-state index in [-0.39, 0.29) is 5.82 Å². The number of nitrogens with one attached hydrogen (secondary N) is 2. The number of nitrogens with zero attached hydrogens (tertiary/aromatic N) is 1. The number of anilines is 1. The van der Waals surface area contributed by atoms with E-state index < -0.39 is 23.1 Å². The van der Waals surface area contributed by atoms with Crippen LogP contribution in [0.15, 0.2) is 54.6 Å². The first-order valence-corrected chi connectivity index (χ1v) is 8.75. The average molecular weight is 377 g/mol. The van der Waals surface area contributed by atoms with Crippen molar-refractivity contribution in [3.8, 4) is 11.1 Å². The molecule has 0 fully saturated rings. The summed E-state index contributed by atoms with van der Waals surface area (Å²) in [6, 6.07) is 15.2. The number of amides is 1. The monoisotopic (exact) mass is 377 g/mol. The van der Waals surface area contributed by atoms with Crippen molar-refractivity contribution in [3.05, 3.63) is 82.9 Å². The molecule has 0 aliphatic carbocycles. The Morgan fingerprint density at radius 2 is 1.61 bits per heavy atom. The fourth-order valence-corrected chi connectivity index (χ4v) is 3.10. The SMILES string of the molecule is Cc1ccc(-c2ccc3c(NC(=O)c4c(F)cccc4F)n[nH]c3c2)cc1C. The molecule has 1 heterocycles. The molecule has 0 aliphatic rings. The molecule has 2 N–H and O–H groups in total. The number of hydrogen-bond acceptors (Lipinski definition) is 2. The highest BCUT2D eigenvalue weighted by molar-refractivity contribution is 6.08. The second-order valence-electron chi connectivity index (χ2n) is 6.68. The van der Waals surface area contributed by atoms with Gasteiger partial charge in [-0.15, -0.1) is 0 Å². The lowest BCUT2D eigenvalue weighted by atomic mass is 10.00. The Bertz CT molecular complexity index is 1190. The second kappa shape index (κ2) is 6.88. The number of rotatable bonds is 3. The molecule has 1 amide bonds. The van der Waals surface area contributed by atoms with E-state index in [1.165, 1.54) is 17.2 Å². The average Bonchev–Trinajstić information content (AvgIpc) is 3.06. The van der Waals surface area contributed by atoms with Gasteiger partial charge in [0.05, 0.1) is 5.52 Å². The van der Waals surface area contributed by atoms with Crippen LogP contribution in [-0.2, 0) is 0 Å². The van der Waals surface area contributed by atoms with Gasteiger partial charge in [-0.3, -0.25) is 9.89 Å². The van der Waals surface area contributed by atoms with Crippen LogP contribution >= 0.6 is 0 Å². The van der Waals surface area contributed by atoms with Gasteiger partial charge in [-0.25, -0.2) is 8.78 Å². The molecule has 0 bridgehead atoms. The number of fused-ring (bicyclic) bond motifs is 1. The number of benzene rings is 3. The van der Waals surface area contributed by atoms with Crippen molar-refractivity contribution < 1.29 is 13.6 Å². The number of H-pyrrole nitrogens is 1. The van der Waals surface area contributed by atoms with Crippen molar-refractivity contribution in [2.75, 3.05) is 5.32 Å². The van der Waals surface area contributed by atoms with Crippen molar-refractivity contribution in [3.63, 3.8) is 0 Å². The van der Waals surface area contributed by atoms with Gasteiger partial charge in [0, 0.05) is 5.39 Å². The molecule has 1 aromatic heterocycles. The lowest BCUT2D eigenvalue weighted by molar-refractivity contribution is 0.101. The standard InChI is InChI=1S/C22H17F2N3O/c1-12-6-7-14(10-13(12)2)15-8-9-16-19(11-15)26-27-21(16)25-22(28)20-17(23)4-3-5-18(20)24/h3-11H,1-2H3,(H2,25,26,27,28). The van der Waals surface area contributed by atoms with Crippen molar-refractivity contribution in [2.45, 2.75) is 13.8 Å². The van der Waals surface area contributed by atoms with E-state index >= 15 is 0 Å². The summed E-state index contributed by atoms with van der Waals surface area (Å²) >= 11 is 0. The Labute approximate surface area is 160 Å². The van der Waals surface area contributed by atoms with Crippen molar-refractivity contribution >= 4 is 22.6 Å². The molecule has 28 heavy (non-hydrogen) atoms. The lowest BCUT2D eigenvalue weighted by Gasteiger charge is -2.07. The smallest absolute Gasteiger partial charge is 0.262 e. The second-order valence-corrected chi connectivity index (χ2v) is 6.68. The number of aromatic amines is 1. The Hall–Kier alpha value is -3.54. The zero-order chi connectivity index (χ0) is 19.8. The van der Waals surface area contributed by atoms with Gasteiger partial charge in [0.2, 0.25) is 0 Å². The van der Waals surface area contributed by atoms with E-state index in [9.17, 15) is 13.6 Å². The van der Waals surface area contributed by atoms with Crippen LogP contribution in [0.1, 0.15) is 21.5 Å². The van der Waals surface area contributed by atoms with Gasteiger partial charge < -0.3 is 5.32 Å². The maximum Gasteiger partial charge on any atom is 0.262 e. The molecule has 0 atom stereocenters. The molecule has 4 aromatic rings. The molecule has 0 aliphatic heterocycles. The molecule has 0 unspecified atom stereocenters. The van der Waals surface area contributed by atoms with Gasteiger partial charge in [-0.1, -0.05) is 30.3 Å². The van der Waals surface area contributed by atoms with Crippen LogP contribution in [0, 0.1) is 25.5 Å². The van der Waals surface area contributed by atoms with E-state index in [0.29, 0.717) is 10.9 Å². The van der Waals surface area contributed by atoms with E-state index in [1.807, 2.05) is 24.3 Å². The highest BCUT2D eigenvalue weighted by atomic mass is 19.1. The predicted octanol–water partition coefficient (Wildman–Crippen LogP) is 5.38. The summed E-state index contributed by atoms with van der Waals surface area (Å²) in [6.07, 6.45) is 0. The van der Waals surface area contributed by atoms with Crippen molar-refractivity contribution in [1.29, 1.82) is 0 Å². The van der Waals surface area contributed by atoms with E-state index in [2.05, 4.69) is 41.5 Å². The van der Waals surface area contributed by atoms with Crippen molar-refractivity contribution in [1.82, 2.24) is 10.2 Å². The number of carbonyl (C=O) groups is 1. The van der Waals surface area contributed by atoms with Gasteiger partial charge in [0.1, 0.15) is 17.2 Å². The van der Waals surface area contributed by atoms with Crippen LogP contribution in [0.4, 0.5) is 14.6 Å². The number of halogens is 2. The van der Waals surface area contributed by atoms with E-state index in [1.54, 1.807) is 0 Å². The minimum atomic E-state index is -0.922. The van der Waals surface area contributed by atoms with Crippen LogP contribution < -0.4 is 5.32 Å². The first kappa shape index (κ1) is 17.9. The topological polar surface area (TPSA) is 57.8 Å². The molecule has 0 radical (unpaired) electrons. The zero-order valence-electron chi connectivity index (χ0n) is 15.3. The molecule has 0 saturated carbocycles. The fourth-order valence-electron chi connectivity index (χ4n) is 3.10. The Morgan fingerprint density at radius 3 is 2.32 bits per heavy atom. The maximum atomic E-state index is 13.8. The summed E-state index contributed by atoms with van der Waals surface area (Å²) in [4.78, 5) is 12.3. The summed E-state index contributed by atoms with van der Waals surface area (Å²) in [7, 11) is 0. The van der Waals surface area contributed by atoms with E-state index in [0.717, 1.165) is 23.3 Å². The quantitative estimate of drug-likeness (QED) is 0.504. The van der Waals surface area contributed by atoms with Crippen LogP contribution in [-0.4, -0.2) is 16.1 Å². The van der Waals surface area contributed by atoms with Crippen LogP contribution in [0.3, 0.4) is 0 Å². The van der Waals surface area contributed by atoms with Gasteiger partial charge >= 0.3 is 0 Å². The largest absolute Gasteiger partial charge is 0.304 e. The summed E-state index contributed by atoms with van der Waals surface area (Å²) in [5.41, 5.74) is 4.56. The lowest BCUT2D eigenvalue weighted by Crippen LogP contribution is -2.16. The van der Waals surface area contributed by atoms with Crippen LogP contribution in [0.2, 0.25) is 0 Å². The molecule has 4 rings (SSSR count). The zero-order valence-corrected chi connectivity index (χ0v) is 15.3. The summed E-state index contributed by atoms with van der Waals surface area (Å²) in [5, 5.41) is 10.1. The van der Waals surface area contributed by atoms with Gasteiger partial charge in [0.15, 0.2) is 5.82 Å². The molecule has 0 saturated heterocycles. The first-order valence-electron chi connectivity index (χ1n) is 8.75. The van der Waals surface area contributed by atoms with Crippen LogP contribution in [0.25, 0.3) is 22.0 Å².